The highest BCUT2D eigenvalue weighted by Crippen LogP contribution is 2.22. The number of carbonyl (C=O) groups excluding carboxylic acids is 1. The van der Waals surface area contributed by atoms with Crippen LogP contribution < -0.4 is 15.8 Å². The lowest BCUT2D eigenvalue weighted by molar-refractivity contribution is -0.126. The van der Waals surface area contributed by atoms with E-state index in [1.54, 1.807) is 0 Å². The van der Waals surface area contributed by atoms with Crippen molar-refractivity contribution in [1.82, 2.24) is 0 Å². The number of halogens is 1. The van der Waals surface area contributed by atoms with Crippen molar-refractivity contribution < 1.29 is 19.0 Å². The van der Waals surface area contributed by atoms with Crippen LogP contribution >= 0.6 is 12.4 Å². The van der Waals surface area contributed by atoms with Crippen LogP contribution in [-0.2, 0) is 14.3 Å². The molecule has 0 radical (unpaired) electrons. The summed E-state index contributed by atoms with van der Waals surface area (Å²) in [7, 11) is 0. The predicted octanol–water partition coefficient (Wildman–Crippen LogP) is 1.72. The van der Waals surface area contributed by atoms with E-state index in [4.69, 9.17) is 19.9 Å². The number of rotatable bonds is 5. The zero-order valence-corrected chi connectivity index (χ0v) is 13.7. The Morgan fingerprint density at radius 2 is 2.04 bits per heavy atom. The first-order valence-corrected chi connectivity index (χ1v) is 7.75. The lowest BCUT2D eigenvalue weighted by Gasteiger charge is -2.14. The number of ether oxygens (including phenoxy) is 3. The highest BCUT2D eigenvalue weighted by molar-refractivity contribution is 5.94. The van der Waals surface area contributed by atoms with Gasteiger partial charge in [-0.3, -0.25) is 4.79 Å². The smallest absolute Gasteiger partial charge is 0.253 e. The lowest BCUT2D eigenvalue weighted by atomic mass is 10.2. The third-order valence-electron chi connectivity index (χ3n) is 3.98. The molecule has 0 spiro atoms. The normalized spacial score (nSPS) is 26.6. The molecule has 23 heavy (non-hydrogen) atoms. The van der Waals surface area contributed by atoms with Crippen molar-refractivity contribution in [3.05, 3.63) is 24.3 Å². The van der Waals surface area contributed by atoms with Crippen LogP contribution in [-0.4, -0.2) is 44.0 Å². The fourth-order valence-corrected chi connectivity index (χ4v) is 2.71. The molecule has 0 aliphatic carbocycles. The number of nitrogens with two attached hydrogens (primary N) is 1. The van der Waals surface area contributed by atoms with Gasteiger partial charge in [-0.1, -0.05) is 0 Å². The summed E-state index contributed by atoms with van der Waals surface area (Å²) in [5, 5.41) is 2.86. The highest BCUT2D eigenvalue weighted by Gasteiger charge is 2.29. The van der Waals surface area contributed by atoms with Crippen LogP contribution in [0.1, 0.15) is 19.3 Å². The number of nitrogens with one attached hydrogen (secondary N) is 1. The zero-order valence-electron chi connectivity index (χ0n) is 12.9. The molecular weight excluding hydrogens is 320 g/mol. The molecule has 1 amide bonds. The van der Waals surface area contributed by atoms with Crippen LogP contribution in [0.2, 0.25) is 0 Å². The van der Waals surface area contributed by atoms with E-state index in [1.807, 2.05) is 24.3 Å². The van der Waals surface area contributed by atoms with E-state index in [0.29, 0.717) is 13.2 Å². The maximum absolute atomic E-state index is 12.1. The summed E-state index contributed by atoms with van der Waals surface area (Å²) in [6.07, 6.45) is 2.20. The van der Waals surface area contributed by atoms with Gasteiger partial charge < -0.3 is 25.3 Å². The monoisotopic (exact) mass is 342 g/mol. The number of hydrogen-bond donors (Lipinski definition) is 2. The van der Waals surface area contributed by atoms with Gasteiger partial charge in [-0.05, 0) is 37.1 Å². The molecule has 0 saturated carbocycles. The highest BCUT2D eigenvalue weighted by atomic mass is 35.5. The molecule has 3 atom stereocenters. The molecule has 3 N–H and O–H groups in total. The molecule has 2 saturated heterocycles. The van der Waals surface area contributed by atoms with Gasteiger partial charge >= 0.3 is 0 Å². The van der Waals surface area contributed by atoms with Crippen LogP contribution in [0.15, 0.2) is 24.3 Å². The molecule has 0 aromatic heterocycles. The van der Waals surface area contributed by atoms with Gasteiger partial charge in [0.15, 0.2) is 0 Å². The predicted molar refractivity (Wildman–Crippen MR) is 89.1 cm³/mol. The molecule has 2 fully saturated rings. The number of anilines is 1. The molecule has 1 unspecified atom stereocenters. The second kappa shape index (κ2) is 8.49. The average molecular weight is 343 g/mol. The van der Waals surface area contributed by atoms with Crippen LogP contribution in [0.3, 0.4) is 0 Å². The van der Waals surface area contributed by atoms with Gasteiger partial charge in [0, 0.05) is 18.7 Å². The van der Waals surface area contributed by atoms with Crippen LogP contribution in [0.4, 0.5) is 5.69 Å². The van der Waals surface area contributed by atoms with Gasteiger partial charge in [0.2, 0.25) is 0 Å². The van der Waals surface area contributed by atoms with Crippen molar-refractivity contribution in [2.45, 2.75) is 37.6 Å². The Bertz CT molecular complexity index is 505. The molecule has 6 nitrogen and oxygen atoms in total. The standard InChI is InChI=1S/C16H22N2O4.ClH/c17-9-13-5-6-15(22-13)16(19)18-11-1-3-12(4-2-11)21-14-7-8-20-10-14;/h1-4,13-15H,5-10,17H2,(H,18,19);1H/t13-,14?,15+;/m1./s1. The lowest BCUT2D eigenvalue weighted by Crippen LogP contribution is -2.29. The SMILES string of the molecule is Cl.NC[C@H]1CC[C@@H](C(=O)Nc2ccc(OC3CCOC3)cc2)O1. The molecule has 1 aromatic carbocycles. The van der Waals surface area contributed by atoms with E-state index in [9.17, 15) is 4.79 Å². The maximum atomic E-state index is 12.1. The molecule has 1 aromatic rings. The first-order chi connectivity index (χ1) is 10.7. The quantitative estimate of drug-likeness (QED) is 0.851. The Hall–Kier alpha value is -1.34. The summed E-state index contributed by atoms with van der Waals surface area (Å²) in [4.78, 5) is 12.1. The fourth-order valence-electron chi connectivity index (χ4n) is 2.71. The van der Waals surface area contributed by atoms with E-state index < -0.39 is 6.10 Å². The summed E-state index contributed by atoms with van der Waals surface area (Å²) >= 11 is 0. The number of benzene rings is 1. The summed E-state index contributed by atoms with van der Waals surface area (Å²) in [5.74, 6) is 0.669. The first kappa shape index (κ1) is 18.0. The van der Waals surface area contributed by atoms with E-state index in [0.717, 1.165) is 37.3 Å². The van der Waals surface area contributed by atoms with E-state index in [2.05, 4.69) is 5.32 Å². The van der Waals surface area contributed by atoms with E-state index in [1.165, 1.54) is 0 Å². The number of amides is 1. The van der Waals surface area contributed by atoms with E-state index >= 15 is 0 Å². The molecule has 3 rings (SSSR count). The van der Waals surface area contributed by atoms with Crippen molar-refractivity contribution in [2.75, 3.05) is 25.1 Å². The summed E-state index contributed by atoms with van der Waals surface area (Å²) in [6, 6.07) is 7.37. The third-order valence-corrected chi connectivity index (χ3v) is 3.98. The van der Waals surface area contributed by atoms with Gasteiger partial charge in [-0.25, -0.2) is 0 Å². The van der Waals surface area contributed by atoms with Crippen molar-refractivity contribution in [3.63, 3.8) is 0 Å². The van der Waals surface area contributed by atoms with Crippen LogP contribution in [0.5, 0.6) is 5.75 Å². The molecule has 2 aliphatic rings. The Labute approximate surface area is 142 Å². The largest absolute Gasteiger partial charge is 0.488 e. The number of hydrogen-bond acceptors (Lipinski definition) is 5. The van der Waals surface area contributed by atoms with E-state index in [-0.39, 0.29) is 30.5 Å². The topological polar surface area (TPSA) is 82.8 Å². The Morgan fingerprint density at radius 3 is 2.65 bits per heavy atom. The van der Waals surface area contributed by atoms with Crippen LogP contribution in [0.25, 0.3) is 0 Å². The van der Waals surface area contributed by atoms with Gasteiger partial charge in [-0.15, -0.1) is 12.4 Å². The summed E-state index contributed by atoms with van der Waals surface area (Å²) < 4.78 is 16.6. The molecule has 2 heterocycles. The van der Waals surface area contributed by atoms with Gasteiger partial charge in [-0.2, -0.15) is 0 Å². The average Bonchev–Trinajstić information content (AvgIpc) is 3.20. The van der Waals surface area contributed by atoms with Crippen molar-refractivity contribution in [2.24, 2.45) is 5.73 Å². The molecular formula is C16H23ClN2O4. The minimum atomic E-state index is -0.403. The van der Waals surface area contributed by atoms with Crippen LogP contribution in [0, 0.1) is 0 Å². The zero-order chi connectivity index (χ0) is 15.4. The van der Waals surface area contributed by atoms with Crippen molar-refractivity contribution in [3.8, 4) is 5.75 Å². The second-order valence-corrected chi connectivity index (χ2v) is 5.68. The Morgan fingerprint density at radius 1 is 1.26 bits per heavy atom. The fraction of sp³-hybridized carbons (Fsp3) is 0.562. The Kier molecular flexibility index (Phi) is 6.65. The summed E-state index contributed by atoms with van der Waals surface area (Å²) in [6.45, 7) is 1.85. The van der Waals surface area contributed by atoms with Gasteiger partial charge in [0.1, 0.15) is 18.0 Å². The first-order valence-electron chi connectivity index (χ1n) is 7.75. The minimum absolute atomic E-state index is 0. The van der Waals surface area contributed by atoms with Gasteiger partial charge in [0.25, 0.3) is 5.91 Å². The molecule has 7 heteroatoms. The minimum Gasteiger partial charge on any atom is -0.488 e. The molecule has 0 bridgehead atoms. The molecule has 128 valence electrons. The second-order valence-electron chi connectivity index (χ2n) is 5.68. The van der Waals surface area contributed by atoms with Crippen molar-refractivity contribution in [1.29, 1.82) is 0 Å². The number of carbonyl (C=O) groups is 1. The maximum Gasteiger partial charge on any atom is 0.253 e. The Balaban J connectivity index is 0.00000192. The third kappa shape index (κ3) is 4.81. The van der Waals surface area contributed by atoms with Gasteiger partial charge in [0.05, 0.1) is 19.3 Å². The molecule has 2 aliphatic heterocycles. The summed E-state index contributed by atoms with van der Waals surface area (Å²) in [5.41, 5.74) is 6.29. The van der Waals surface area contributed by atoms with Crippen molar-refractivity contribution >= 4 is 24.0 Å².